The van der Waals surface area contributed by atoms with Crippen molar-refractivity contribution in [2.75, 3.05) is 5.32 Å². The Balaban J connectivity index is 1.87. The average Bonchev–Trinajstić information content (AvgIpc) is 2.90. The summed E-state index contributed by atoms with van der Waals surface area (Å²) in [6.45, 7) is 1.97. The molecule has 5 heteroatoms. The van der Waals surface area contributed by atoms with Gasteiger partial charge in [0.2, 0.25) is 0 Å². The lowest BCUT2D eigenvalue weighted by Crippen LogP contribution is -2.12. The van der Waals surface area contributed by atoms with Crippen molar-refractivity contribution in [3.05, 3.63) is 77.1 Å². The molecule has 0 aliphatic rings. The Morgan fingerprint density at radius 3 is 2.64 bits per heavy atom. The molecule has 0 fully saturated rings. The fourth-order valence-corrected chi connectivity index (χ4v) is 2.43. The molecule has 1 amide bonds. The van der Waals surface area contributed by atoms with Crippen LogP contribution in [0, 0.1) is 6.92 Å². The third kappa shape index (κ3) is 2.87. The fraction of sp³-hybridized carbons (Fsp3) is 0.0588. The summed E-state index contributed by atoms with van der Waals surface area (Å²) in [4.78, 5) is 12.3. The van der Waals surface area contributed by atoms with Gasteiger partial charge in [-0.05, 0) is 36.8 Å². The van der Waals surface area contributed by atoms with Crippen LogP contribution in [0.4, 0.5) is 5.69 Å². The summed E-state index contributed by atoms with van der Waals surface area (Å²) in [5.74, 6) is -0.280. The van der Waals surface area contributed by atoms with Crippen molar-refractivity contribution in [2.24, 2.45) is 0 Å². The molecule has 0 saturated heterocycles. The minimum absolute atomic E-state index is 0.280. The van der Waals surface area contributed by atoms with Gasteiger partial charge in [-0.15, -0.1) is 0 Å². The van der Waals surface area contributed by atoms with Crippen LogP contribution in [0.2, 0.25) is 5.15 Å². The molecule has 2 aromatic carbocycles. The van der Waals surface area contributed by atoms with Gasteiger partial charge < -0.3 is 5.32 Å². The van der Waals surface area contributed by atoms with Crippen LogP contribution in [0.25, 0.3) is 5.69 Å². The molecule has 1 N–H and O–H groups in total. The molecule has 1 aromatic heterocycles. The van der Waals surface area contributed by atoms with Crippen LogP contribution >= 0.6 is 11.6 Å². The average molecular weight is 312 g/mol. The predicted octanol–water partition coefficient (Wildman–Crippen LogP) is 4.09. The van der Waals surface area contributed by atoms with Crippen LogP contribution < -0.4 is 5.32 Å². The van der Waals surface area contributed by atoms with Gasteiger partial charge in [-0.2, -0.15) is 5.10 Å². The summed E-state index contributed by atoms with van der Waals surface area (Å²) in [6, 6.07) is 17.0. The number of hydrogen-bond acceptors (Lipinski definition) is 2. The molecule has 22 heavy (non-hydrogen) atoms. The van der Waals surface area contributed by atoms with Gasteiger partial charge in [0.05, 0.1) is 17.4 Å². The summed E-state index contributed by atoms with van der Waals surface area (Å²) in [5.41, 5.74) is 2.95. The maximum Gasteiger partial charge on any atom is 0.260 e. The van der Waals surface area contributed by atoms with Gasteiger partial charge in [-0.3, -0.25) is 4.79 Å². The molecule has 0 atom stereocenters. The number of para-hydroxylation sites is 1. The van der Waals surface area contributed by atoms with Gasteiger partial charge in [-0.25, -0.2) is 4.68 Å². The molecule has 0 radical (unpaired) electrons. The molecule has 1 heterocycles. The van der Waals surface area contributed by atoms with E-state index >= 15 is 0 Å². The lowest BCUT2D eigenvalue weighted by atomic mass is 10.2. The Bertz CT molecular complexity index is 812. The Labute approximate surface area is 133 Å². The van der Waals surface area contributed by atoms with Crippen LogP contribution in [0.5, 0.6) is 0 Å². The minimum Gasteiger partial charge on any atom is -0.322 e. The van der Waals surface area contributed by atoms with Gasteiger partial charge in [0, 0.05) is 5.69 Å². The quantitative estimate of drug-likeness (QED) is 0.792. The van der Waals surface area contributed by atoms with Crippen molar-refractivity contribution in [1.29, 1.82) is 0 Å². The van der Waals surface area contributed by atoms with Gasteiger partial charge in [0.1, 0.15) is 5.15 Å². The van der Waals surface area contributed by atoms with Gasteiger partial charge in [0.25, 0.3) is 5.91 Å². The molecule has 0 unspecified atom stereocenters. The number of aromatic nitrogens is 2. The Hall–Kier alpha value is -2.59. The molecular weight excluding hydrogens is 298 g/mol. The number of rotatable bonds is 3. The number of carbonyl (C=O) groups is 1. The smallest absolute Gasteiger partial charge is 0.260 e. The van der Waals surface area contributed by atoms with E-state index in [1.54, 1.807) is 0 Å². The van der Waals surface area contributed by atoms with E-state index in [4.69, 9.17) is 11.6 Å². The number of aryl methyl sites for hydroxylation is 1. The SMILES string of the molecule is Cc1cccc(NC(=O)c2cnn(-c3ccccc3)c2Cl)c1. The lowest BCUT2D eigenvalue weighted by Gasteiger charge is -2.06. The molecule has 4 nitrogen and oxygen atoms in total. The number of hydrogen-bond donors (Lipinski definition) is 1. The predicted molar refractivity (Wildman–Crippen MR) is 87.7 cm³/mol. The monoisotopic (exact) mass is 311 g/mol. The third-order valence-electron chi connectivity index (χ3n) is 3.23. The highest BCUT2D eigenvalue weighted by molar-refractivity contribution is 6.33. The molecule has 3 aromatic rings. The topological polar surface area (TPSA) is 46.9 Å². The van der Waals surface area contributed by atoms with E-state index < -0.39 is 0 Å². The minimum atomic E-state index is -0.280. The molecule has 0 aliphatic carbocycles. The number of benzene rings is 2. The summed E-state index contributed by atoms with van der Waals surface area (Å²) >= 11 is 6.29. The Morgan fingerprint density at radius 2 is 1.91 bits per heavy atom. The van der Waals surface area contributed by atoms with Gasteiger partial charge in [0.15, 0.2) is 0 Å². The first kappa shape index (κ1) is 14.4. The molecular formula is C17H14ClN3O. The van der Waals surface area contributed by atoms with E-state index in [1.807, 2.05) is 61.5 Å². The number of amides is 1. The first-order valence-electron chi connectivity index (χ1n) is 6.82. The summed E-state index contributed by atoms with van der Waals surface area (Å²) in [6.07, 6.45) is 1.47. The summed E-state index contributed by atoms with van der Waals surface area (Å²) < 4.78 is 1.53. The fourth-order valence-electron chi connectivity index (χ4n) is 2.16. The second-order valence-electron chi connectivity index (χ2n) is 4.92. The van der Waals surface area contributed by atoms with Crippen molar-refractivity contribution in [3.63, 3.8) is 0 Å². The maximum absolute atomic E-state index is 12.3. The van der Waals surface area contributed by atoms with Crippen molar-refractivity contribution in [1.82, 2.24) is 9.78 Å². The highest BCUT2D eigenvalue weighted by atomic mass is 35.5. The highest BCUT2D eigenvalue weighted by Gasteiger charge is 2.17. The molecule has 0 bridgehead atoms. The maximum atomic E-state index is 12.3. The number of carbonyl (C=O) groups excluding carboxylic acids is 1. The van der Waals surface area contributed by atoms with Crippen LogP contribution in [0.15, 0.2) is 60.8 Å². The number of anilines is 1. The van der Waals surface area contributed by atoms with E-state index in [0.29, 0.717) is 5.56 Å². The molecule has 3 rings (SSSR count). The normalized spacial score (nSPS) is 10.5. The summed E-state index contributed by atoms with van der Waals surface area (Å²) in [7, 11) is 0. The van der Waals surface area contributed by atoms with Gasteiger partial charge >= 0.3 is 0 Å². The van der Waals surface area contributed by atoms with Crippen LogP contribution in [0.1, 0.15) is 15.9 Å². The number of nitrogens with one attached hydrogen (secondary N) is 1. The molecule has 0 spiro atoms. The first-order valence-corrected chi connectivity index (χ1v) is 7.20. The zero-order valence-corrected chi connectivity index (χ0v) is 12.7. The molecule has 0 saturated carbocycles. The van der Waals surface area contributed by atoms with Crippen LogP contribution in [-0.2, 0) is 0 Å². The van der Waals surface area contributed by atoms with E-state index in [-0.39, 0.29) is 11.1 Å². The Morgan fingerprint density at radius 1 is 1.14 bits per heavy atom. The number of halogens is 1. The number of nitrogens with zero attached hydrogens (tertiary/aromatic N) is 2. The zero-order chi connectivity index (χ0) is 15.5. The second kappa shape index (κ2) is 6.03. The zero-order valence-electron chi connectivity index (χ0n) is 12.0. The third-order valence-corrected chi connectivity index (χ3v) is 3.60. The van der Waals surface area contributed by atoms with Gasteiger partial charge in [-0.1, -0.05) is 41.9 Å². The lowest BCUT2D eigenvalue weighted by molar-refractivity contribution is 0.102. The van der Waals surface area contributed by atoms with E-state index in [1.165, 1.54) is 10.9 Å². The summed E-state index contributed by atoms with van der Waals surface area (Å²) in [5, 5.41) is 7.31. The van der Waals surface area contributed by atoms with E-state index in [0.717, 1.165) is 16.9 Å². The van der Waals surface area contributed by atoms with Crippen molar-refractivity contribution >= 4 is 23.2 Å². The Kier molecular flexibility index (Phi) is 3.94. The van der Waals surface area contributed by atoms with Crippen molar-refractivity contribution < 1.29 is 4.79 Å². The van der Waals surface area contributed by atoms with Crippen molar-refractivity contribution in [2.45, 2.75) is 6.92 Å². The first-order chi connectivity index (χ1) is 10.6. The van der Waals surface area contributed by atoms with Crippen molar-refractivity contribution in [3.8, 4) is 5.69 Å². The van der Waals surface area contributed by atoms with E-state index in [2.05, 4.69) is 10.4 Å². The van der Waals surface area contributed by atoms with Crippen LogP contribution in [0.3, 0.4) is 0 Å². The van der Waals surface area contributed by atoms with E-state index in [9.17, 15) is 4.79 Å². The largest absolute Gasteiger partial charge is 0.322 e. The highest BCUT2D eigenvalue weighted by Crippen LogP contribution is 2.21. The molecule has 110 valence electrons. The second-order valence-corrected chi connectivity index (χ2v) is 5.28. The molecule has 0 aliphatic heterocycles. The van der Waals surface area contributed by atoms with Crippen LogP contribution in [-0.4, -0.2) is 15.7 Å². The standard InChI is InChI=1S/C17H14ClN3O/c1-12-6-5-7-13(10-12)20-17(22)15-11-19-21(16(15)18)14-8-3-2-4-9-14/h2-11H,1H3,(H,20,22).